The molecule has 0 aliphatic carbocycles. The number of nitrogens with zero attached hydrogens (tertiary/aromatic N) is 4. The van der Waals surface area contributed by atoms with Crippen LogP contribution >= 0.6 is 11.8 Å². The molecule has 158 valence electrons. The molecule has 1 aliphatic rings. The van der Waals surface area contributed by atoms with Crippen LogP contribution in [-0.2, 0) is 9.68 Å². The van der Waals surface area contributed by atoms with E-state index in [1.165, 1.54) is 25.2 Å². The summed E-state index contributed by atoms with van der Waals surface area (Å²) in [5.74, 6) is 0.0771. The minimum atomic E-state index is -0.834. The van der Waals surface area contributed by atoms with Gasteiger partial charge in [0, 0.05) is 11.3 Å². The molecule has 1 aliphatic heterocycles. The van der Waals surface area contributed by atoms with Crippen molar-refractivity contribution in [3.05, 3.63) is 72.3 Å². The Bertz CT molecular complexity index is 1110. The second-order valence-electron chi connectivity index (χ2n) is 6.01. The zero-order valence-corrected chi connectivity index (χ0v) is 17.2. The number of oxime groups is 2. The number of thioether (sulfide) groups is 1. The molecule has 4 rings (SSSR count). The second kappa shape index (κ2) is 9.90. The topological polar surface area (TPSA) is 87.4 Å². The van der Waals surface area contributed by atoms with Crippen molar-refractivity contribution in [3.63, 3.8) is 0 Å². The number of rotatable bonds is 7. The first-order valence-corrected chi connectivity index (χ1v) is 10.2. The Morgan fingerprint density at radius 3 is 2.52 bits per heavy atom. The normalized spacial score (nSPS) is 13.7. The zero-order valence-electron chi connectivity index (χ0n) is 16.4. The van der Waals surface area contributed by atoms with Gasteiger partial charge in [0.05, 0.1) is 0 Å². The molecule has 0 spiro atoms. The predicted octanol–water partition coefficient (Wildman–Crippen LogP) is 4.63. The summed E-state index contributed by atoms with van der Waals surface area (Å²) in [7, 11) is 1.43. The van der Waals surface area contributed by atoms with Crippen LogP contribution in [-0.4, -0.2) is 40.2 Å². The summed E-state index contributed by atoms with van der Waals surface area (Å²) < 4.78 is 26.3. The molecular weight excluding hydrogens is 423 g/mol. The lowest BCUT2D eigenvalue weighted by atomic mass is 10.1. The SMILES string of the molecule is CON=C(C1=NOCCS1)c1ccccc1Oc1ncnc(Oc2ccccc2)c1F. The van der Waals surface area contributed by atoms with Gasteiger partial charge in [-0.2, -0.15) is 14.4 Å². The van der Waals surface area contributed by atoms with Crippen LogP contribution in [0.4, 0.5) is 4.39 Å². The maximum absolute atomic E-state index is 15.0. The van der Waals surface area contributed by atoms with Crippen molar-refractivity contribution in [1.82, 2.24) is 9.97 Å². The monoisotopic (exact) mass is 440 g/mol. The lowest BCUT2D eigenvalue weighted by Crippen LogP contribution is -2.19. The van der Waals surface area contributed by atoms with Gasteiger partial charge in [0.1, 0.15) is 37.3 Å². The fraction of sp³-hybridized carbons (Fsp3) is 0.143. The van der Waals surface area contributed by atoms with Crippen LogP contribution in [0.5, 0.6) is 23.3 Å². The fourth-order valence-electron chi connectivity index (χ4n) is 2.65. The number of hydrogen-bond donors (Lipinski definition) is 0. The number of para-hydroxylation sites is 2. The van der Waals surface area contributed by atoms with Crippen LogP contribution in [0.2, 0.25) is 0 Å². The summed E-state index contributed by atoms with van der Waals surface area (Å²) in [5.41, 5.74) is 0.933. The molecule has 0 amide bonds. The summed E-state index contributed by atoms with van der Waals surface area (Å²) in [5, 5.41) is 8.64. The Morgan fingerprint density at radius 1 is 1.03 bits per heavy atom. The molecule has 0 N–H and O–H groups in total. The van der Waals surface area contributed by atoms with Gasteiger partial charge >= 0.3 is 0 Å². The quantitative estimate of drug-likeness (QED) is 0.391. The van der Waals surface area contributed by atoms with Crippen LogP contribution in [0.15, 0.2) is 71.2 Å². The van der Waals surface area contributed by atoms with Gasteiger partial charge in [-0.15, -0.1) is 0 Å². The summed E-state index contributed by atoms with van der Waals surface area (Å²) in [6.45, 7) is 0.503. The molecule has 2 aromatic carbocycles. The van der Waals surface area contributed by atoms with Crippen LogP contribution < -0.4 is 9.47 Å². The average Bonchev–Trinajstić information content (AvgIpc) is 2.82. The van der Waals surface area contributed by atoms with Crippen molar-refractivity contribution >= 4 is 22.5 Å². The highest BCUT2D eigenvalue weighted by atomic mass is 32.2. The van der Waals surface area contributed by atoms with Crippen molar-refractivity contribution in [2.45, 2.75) is 0 Å². The third-order valence-corrected chi connectivity index (χ3v) is 4.89. The lowest BCUT2D eigenvalue weighted by molar-refractivity contribution is 0.160. The average molecular weight is 440 g/mol. The van der Waals surface area contributed by atoms with E-state index in [0.29, 0.717) is 40.2 Å². The second-order valence-corrected chi connectivity index (χ2v) is 7.10. The highest BCUT2D eigenvalue weighted by Crippen LogP contribution is 2.32. The van der Waals surface area contributed by atoms with Gasteiger partial charge in [0.15, 0.2) is 5.04 Å². The standard InChI is InChI=1S/C21H17FN4O4S/c1-27-25-18(21-26-28-11-12-31-21)15-9-5-6-10-16(15)30-20-17(22)19(23-13-24-20)29-14-7-3-2-4-8-14/h2-10,13H,11-12H2,1H3. The van der Waals surface area contributed by atoms with E-state index in [2.05, 4.69) is 20.3 Å². The fourth-order valence-corrected chi connectivity index (χ4v) is 3.39. The van der Waals surface area contributed by atoms with Crippen LogP contribution in [0.1, 0.15) is 5.56 Å². The number of aromatic nitrogens is 2. The van der Waals surface area contributed by atoms with Gasteiger partial charge in [-0.1, -0.05) is 52.4 Å². The Balaban J connectivity index is 1.66. The lowest BCUT2D eigenvalue weighted by Gasteiger charge is -2.16. The molecule has 31 heavy (non-hydrogen) atoms. The smallest absolute Gasteiger partial charge is 0.263 e. The van der Waals surface area contributed by atoms with Crippen molar-refractivity contribution in [2.75, 3.05) is 19.5 Å². The van der Waals surface area contributed by atoms with E-state index in [-0.39, 0.29) is 11.8 Å². The molecule has 2 heterocycles. The Kier molecular flexibility index (Phi) is 6.58. The molecular formula is C21H17FN4O4S. The van der Waals surface area contributed by atoms with E-state index in [0.717, 1.165) is 0 Å². The molecule has 0 fully saturated rings. The molecule has 0 radical (unpaired) electrons. The summed E-state index contributed by atoms with van der Waals surface area (Å²) in [6.07, 6.45) is 1.17. The van der Waals surface area contributed by atoms with E-state index < -0.39 is 5.82 Å². The molecule has 0 bridgehead atoms. The number of hydrogen-bond acceptors (Lipinski definition) is 9. The maximum atomic E-state index is 15.0. The molecule has 0 unspecified atom stereocenters. The molecule has 0 saturated carbocycles. The van der Waals surface area contributed by atoms with Crippen molar-refractivity contribution in [3.8, 4) is 23.3 Å². The summed E-state index contributed by atoms with van der Waals surface area (Å²) in [4.78, 5) is 17.9. The van der Waals surface area contributed by atoms with E-state index in [4.69, 9.17) is 19.1 Å². The van der Waals surface area contributed by atoms with Gasteiger partial charge < -0.3 is 19.1 Å². The van der Waals surface area contributed by atoms with E-state index in [1.807, 2.05) is 6.07 Å². The molecule has 1 aromatic heterocycles. The van der Waals surface area contributed by atoms with E-state index in [9.17, 15) is 0 Å². The van der Waals surface area contributed by atoms with Crippen molar-refractivity contribution < 1.29 is 23.5 Å². The third-order valence-electron chi connectivity index (χ3n) is 3.98. The van der Waals surface area contributed by atoms with Gasteiger partial charge in [0.2, 0.25) is 5.82 Å². The first-order chi connectivity index (χ1) is 15.3. The Hall–Kier alpha value is -3.66. The molecule has 8 nitrogen and oxygen atoms in total. The van der Waals surface area contributed by atoms with E-state index in [1.54, 1.807) is 48.5 Å². The molecule has 3 aromatic rings. The number of ether oxygens (including phenoxy) is 2. The van der Waals surface area contributed by atoms with Gasteiger partial charge in [-0.05, 0) is 24.3 Å². The number of benzene rings is 2. The predicted molar refractivity (Wildman–Crippen MR) is 114 cm³/mol. The van der Waals surface area contributed by atoms with Crippen molar-refractivity contribution in [1.29, 1.82) is 0 Å². The van der Waals surface area contributed by atoms with Gasteiger partial charge in [0.25, 0.3) is 11.8 Å². The van der Waals surface area contributed by atoms with Crippen LogP contribution in [0.3, 0.4) is 0 Å². The number of halogens is 1. The minimum Gasteiger partial charge on any atom is -0.436 e. The zero-order chi connectivity index (χ0) is 21.5. The maximum Gasteiger partial charge on any atom is 0.263 e. The highest BCUT2D eigenvalue weighted by molar-refractivity contribution is 8.15. The first kappa shape index (κ1) is 20.6. The van der Waals surface area contributed by atoms with Crippen molar-refractivity contribution in [2.24, 2.45) is 10.3 Å². The highest BCUT2D eigenvalue weighted by Gasteiger charge is 2.23. The third kappa shape index (κ3) is 4.92. The summed E-state index contributed by atoms with van der Waals surface area (Å²) in [6, 6.07) is 15.7. The Labute approximate surface area is 181 Å². The minimum absolute atomic E-state index is 0.250. The van der Waals surface area contributed by atoms with Gasteiger partial charge in [-0.3, -0.25) is 0 Å². The van der Waals surface area contributed by atoms with Crippen LogP contribution in [0.25, 0.3) is 0 Å². The molecule has 0 atom stereocenters. The molecule has 10 heteroatoms. The largest absolute Gasteiger partial charge is 0.436 e. The van der Waals surface area contributed by atoms with E-state index >= 15 is 4.39 Å². The van der Waals surface area contributed by atoms with Gasteiger partial charge in [-0.25, -0.2) is 0 Å². The summed E-state index contributed by atoms with van der Waals surface area (Å²) >= 11 is 1.47. The molecule has 0 saturated heterocycles. The van der Waals surface area contributed by atoms with Crippen LogP contribution in [0, 0.1) is 5.82 Å². The Morgan fingerprint density at radius 2 is 1.77 bits per heavy atom. The first-order valence-electron chi connectivity index (χ1n) is 9.21.